The molecule has 4 aromatic carbocycles. The lowest BCUT2D eigenvalue weighted by atomic mass is 9.93. The third-order valence-electron chi connectivity index (χ3n) is 4.21. The van der Waals surface area contributed by atoms with E-state index in [1.807, 2.05) is 0 Å². The molecule has 4 rings (SSSR count). The number of fused-ring (bicyclic) bond motifs is 6. The van der Waals surface area contributed by atoms with Crippen LogP contribution in [0.5, 0.6) is 34.5 Å². The van der Waals surface area contributed by atoms with E-state index in [-0.39, 0.29) is 34.5 Å². The van der Waals surface area contributed by atoms with Gasteiger partial charge in [-0.25, -0.2) is 0 Å². The molecule has 4 aromatic rings. The lowest BCUT2D eigenvalue weighted by Crippen LogP contribution is -1.85. The van der Waals surface area contributed by atoms with Gasteiger partial charge in [0.05, 0.1) is 0 Å². The molecular formula is C19H16O7. The second-order valence-corrected chi connectivity index (χ2v) is 5.66. The smallest absolute Gasteiger partial charge is 0.158 e. The highest BCUT2D eigenvalue weighted by atomic mass is 16.3. The number of hydrogen-bond acceptors (Lipinski definition) is 7. The van der Waals surface area contributed by atoms with Crippen LogP contribution in [0, 0.1) is 0 Å². The number of aliphatic hydroxyl groups is 1. The van der Waals surface area contributed by atoms with Crippen LogP contribution in [0.1, 0.15) is 0 Å². The molecule has 0 aromatic heterocycles. The zero-order valence-corrected chi connectivity index (χ0v) is 13.6. The standard InChI is InChI=1S/C18H12O6.CH4O/c19-13-1-7-8(2-14(13)20)10-4-17(23)18(24)6-12(10)11-5-16(22)15(21)3-9(7)11;1-2/h1-6,19-24H;2H,1H3. The van der Waals surface area contributed by atoms with E-state index >= 15 is 0 Å². The third-order valence-corrected chi connectivity index (χ3v) is 4.21. The predicted molar refractivity (Wildman–Crippen MR) is 97.1 cm³/mol. The number of phenols is 6. The Balaban J connectivity index is 0.000000948. The first-order valence-corrected chi connectivity index (χ1v) is 7.50. The first-order valence-electron chi connectivity index (χ1n) is 7.50. The molecule has 0 heterocycles. The number of phenolic OH excluding ortho intramolecular Hbond substituents is 6. The molecule has 0 spiro atoms. The number of aliphatic hydroxyl groups excluding tert-OH is 1. The fourth-order valence-electron chi connectivity index (χ4n) is 3.07. The molecule has 0 aliphatic heterocycles. The summed E-state index contributed by atoms with van der Waals surface area (Å²) < 4.78 is 0. The minimum absolute atomic E-state index is 0.335. The van der Waals surface area contributed by atoms with Gasteiger partial charge < -0.3 is 35.7 Å². The van der Waals surface area contributed by atoms with Crippen LogP contribution in [0.3, 0.4) is 0 Å². The molecule has 0 amide bonds. The van der Waals surface area contributed by atoms with E-state index in [1.165, 1.54) is 36.4 Å². The zero-order valence-electron chi connectivity index (χ0n) is 13.6. The summed E-state index contributed by atoms with van der Waals surface area (Å²) in [5, 5.41) is 69.0. The van der Waals surface area contributed by atoms with Crippen molar-refractivity contribution in [3.8, 4) is 34.5 Å². The van der Waals surface area contributed by atoms with E-state index < -0.39 is 0 Å². The lowest BCUT2D eigenvalue weighted by Gasteiger charge is -2.13. The van der Waals surface area contributed by atoms with Crippen LogP contribution in [-0.4, -0.2) is 42.9 Å². The monoisotopic (exact) mass is 356 g/mol. The largest absolute Gasteiger partial charge is 0.504 e. The summed E-state index contributed by atoms with van der Waals surface area (Å²) >= 11 is 0. The minimum Gasteiger partial charge on any atom is -0.504 e. The second-order valence-electron chi connectivity index (χ2n) is 5.66. The molecule has 7 heteroatoms. The van der Waals surface area contributed by atoms with Crippen LogP contribution in [0.2, 0.25) is 0 Å². The van der Waals surface area contributed by atoms with Crippen LogP contribution >= 0.6 is 0 Å². The molecule has 0 radical (unpaired) electrons. The van der Waals surface area contributed by atoms with Gasteiger partial charge in [0.25, 0.3) is 0 Å². The molecule has 0 aliphatic carbocycles. The fourth-order valence-corrected chi connectivity index (χ4v) is 3.07. The Morgan fingerprint density at radius 3 is 0.577 bits per heavy atom. The number of rotatable bonds is 0. The van der Waals surface area contributed by atoms with E-state index in [1.54, 1.807) is 0 Å². The second kappa shape index (κ2) is 6.05. The summed E-state index contributed by atoms with van der Waals surface area (Å²) in [5.41, 5.74) is 0. The van der Waals surface area contributed by atoms with Gasteiger partial charge in [-0.3, -0.25) is 0 Å². The summed E-state index contributed by atoms with van der Waals surface area (Å²) in [5.74, 6) is -2.01. The van der Waals surface area contributed by atoms with E-state index in [9.17, 15) is 30.6 Å². The minimum atomic E-state index is -0.335. The highest BCUT2D eigenvalue weighted by Crippen LogP contribution is 2.45. The highest BCUT2D eigenvalue weighted by Gasteiger charge is 2.16. The maximum absolute atomic E-state index is 9.82. The Bertz CT molecular complexity index is 899. The summed E-state index contributed by atoms with van der Waals surface area (Å²) in [6, 6.07) is 8.04. The van der Waals surface area contributed by atoms with Crippen LogP contribution < -0.4 is 0 Å². The Morgan fingerprint density at radius 1 is 0.346 bits per heavy atom. The number of hydrogen-bond donors (Lipinski definition) is 7. The average Bonchev–Trinajstić information content (AvgIpc) is 2.62. The molecule has 7 nitrogen and oxygen atoms in total. The van der Waals surface area contributed by atoms with Gasteiger partial charge in [-0.15, -0.1) is 0 Å². The van der Waals surface area contributed by atoms with Crippen molar-refractivity contribution in [2.24, 2.45) is 0 Å². The Kier molecular flexibility index (Phi) is 4.01. The summed E-state index contributed by atoms with van der Waals surface area (Å²) in [4.78, 5) is 0. The maximum Gasteiger partial charge on any atom is 0.158 e. The SMILES string of the molecule is CO.Oc1cc2c3cc(O)c(O)cc3c3cc(O)c(O)cc3c2cc1O. The molecule has 0 bridgehead atoms. The summed E-state index contributed by atoms with van der Waals surface area (Å²) in [6.07, 6.45) is 0. The molecular weight excluding hydrogens is 340 g/mol. The third kappa shape index (κ3) is 2.42. The Hall–Kier alpha value is -3.58. The molecule has 0 saturated heterocycles. The predicted octanol–water partition coefficient (Wildman–Crippen LogP) is 2.99. The molecule has 134 valence electrons. The molecule has 0 aliphatic rings. The van der Waals surface area contributed by atoms with Crippen molar-refractivity contribution >= 4 is 32.3 Å². The normalized spacial score (nSPS) is 10.8. The topological polar surface area (TPSA) is 142 Å². The Labute approximate surface area is 146 Å². The molecule has 0 atom stereocenters. The van der Waals surface area contributed by atoms with Gasteiger partial charge in [0, 0.05) is 7.11 Å². The van der Waals surface area contributed by atoms with Crippen LogP contribution in [0.4, 0.5) is 0 Å². The molecule has 26 heavy (non-hydrogen) atoms. The van der Waals surface area contributed by atoms with Gasteiger partial charge in [0.2, 0.25) is 0 Å². The first-order chi connectivity index (χ1) is 12.4. The van der Waals surface area contributed by atoms with Crippen molar-refractivity contribution in [2.75, 3.05) is 7.11 Å². The quantitative estimate of drug-likeness (QED) is 0.190. The van der Waals surface area contributed by atoms with Crippen molar-refractivity contribution in [1.82, 2.24) is 0 Å². The van der Waals surface area contributed by atoms with Crippen LogP contribution in [0.15, 0.2) is 36.4 Å². The van der Waals surface area contributed by atoms with E-state index in [4.69, 9.17) is 5.11 Å². The van der Waals surface area contributed by atoms with Gasteiger partial charge >= 0.3 is 0 Å². The maximum atomic E-state index is 9.82. The molecule has 0 fully saturated rings. The number of aromatic hydroxyl groups is 6. The van der Waals surface area contributed by atoms with Gasteiger partial charge in [0.15, 0.2) is 34.5 Å². The van der Waals surface area contributed by atoms with Gasteiger partial charge in [0.1, 0.15) is 0 Å². The first kappa shape index (κ1) is 17.2. The van der Waals surface area contributed by atoms with E-state index in [0.717, 1.165) is 7.11 Å². The number of benzene rings is 4. The molecule has 0 unspecified atom stereocenters. The van der Waals surface area contributed by atoms with Crippen LogP contribution in [-0.2, 0) is 0 Å². The lowest BCUT2D eigenvalue weighted by molar-refractivity contribution is 0.399. The summed E-state index contributed by atoms with van der Waals surface area (Å²) in [6.45, 7) is 0. The Morgan fingerprint density at radius 2 is 0.462 bits per heavy atom. The fraction of sp³-hybridized carbons (Fsp3) is 0.0526. The van der Waals surface area contributed by atoms with Gasteiger partial charge in [-0.05, 0) is 68.7 Å². The van der Waals surface area contributed by atoms with Crippen molar-refractivity contribution in [3.05, 3.63) is 36.4 Å². The van der Waals surface area contributed by atoms with Gasteiger partial charge in [-0.2, -0.15) is 0 Å². The van der Waals surface area contributed by atoms with Crippen molar-refractivity contribution in [3.63, 3.8) is 0 Å². The van der Waals surface area contributed by atoms with Gasteiger partial charge in [-0.1, -0.05) is 0 Å². The van der Waals surface area contributed by atoms with Crippen molar-refractivity contribution in [2.45, 2.75) is 0 Å². The zero-order chi connectivity index (χ0) is 19.2. The molecule has 0 saturated carbocycles. The average molecular weight is 356 g/mol. The van der Waals surface area contributed by atoms with E-state index in [2.05, 4.69) is 0 Å². The van der Waals surface area contributed by atoms with Crippen molar-refractivity contribution in [1.29, 1.82) is 0 Å². The summed E-state index contributed by atoms with van der Waals surface area (Å²) in [7, 11) is 1.00. The highest BCUT2D eigenvalue weighted by molar-refractivity contribution is 6.26. The van der Waals surface area contributed by atoms with Crippen molar-refractivity contribution < 1.29 is 35.7 Å². The molecule has 7 N–H and O–H groups in total. The van der Waals surface area contributed by atoms with Crippen LogP contribution in [0.25, 0.3) is 32.3 Å². The van der Waals surface area contributed by atoms with E-state index in [0.29, 0.717) is 32.3 Å².